The first kappa shape index (κ1) is 12.2. The van der Waals surface area contributed by atoms with Crippen molar-refractivity contribution in [3.05, 3.63) is 29.8 Å². The van der Waals surface area contributed by atoms with Gasteiger partial charge in [-0.05, 0) is 24.1 Å². The molecule has 1 N–H and O–H groups in total. The predicted molar refractivity (Wildman–Crippen MR) is 57.8 cm³/mol. The van der Waals surface area contributed by atoms with Crippen molar-refractivity contribution in [3.8, 4) is 5.75 Å². The molecule has 1 rings (SSSR count). The van der Waals surface area contributed by atoms with Crippen LogP contribution in [0.2, 0.25) is 0 Å². The van der Waals surface area contributed by atoms with Crippen molar-refractivity contribution in [2.75, 3.05) is 0 Å². The second-order valence-corrected chi connectivity index (χ2v) is 3.37. The van der Waals surface area contributed by atoms with Gasteiger partial charge in [0.25, 0.3) is 0 Å². The predicted octanol–water partition coefficient (Wildman–Crippen LogP) is 1.80. The van der Waals surface area contributed by atoms with Gasteiger partial charge in [0.1, 0.15) is 5.75 Å². The Labute approximate surface area is 93.9 Å². The van der Waals surface area contributed by atoms with Crippen LogP contribution >= 0.6 is 0 Å². The summed E-state index contributed by atoms with van der Waals surface area (Å²) >= 11 is 0. The largest absolute Gasteiger partial charge is 0.508 e. The van der Waals surface area contributed by atoms with Crippen LogP contribution in [0.3, 0.4) is 0 Å². The Morgan fingerprint density at radius 2 is 1.81 bits per heavy atom. The van der Waals surface area contributed by atoms with Crippen LogP contribution in [0.4, 0.5) is 0 Å². The number of rotatable bonds is 4. The SMILES string of the molecule is CCC(=O)OC(=O)CCc1ccc(O)cc1. The maximum atomic E-state index is 11.2. The van der Waals surface area contributed by atoms with Gasteiger partial charge in [-0.25, -0.2) is 0 Å². The van der Waals surface area contributed by atoms with E-state index < -0.39 is 11.9 Å². The number of hydrogen-bond donors (Lipinski definition) is 1. The molecule has 0 unspecified atom stereocenters. The molecule has 0 heterocycles. The lowest BCUT2D eigenvalue weighted by Gasteiger charge is -2.02. The van der Waals surface area contributed by atoms with Gasteiger partial charge < -0.3 is 9.84 Å². The van der Waals surface area contributed by atoms with Crippen LogP contribution in [0.5, 0.6) is 5.75 Å². The van der Waals surface area contributed by atoms with Crippen molar-refractivity contribution < 1.29 is 19.4 Å². The number of aromatic hydroxyl groups is 1. The van der Waals surface area contributed by atoms with Gasteiger partial charge in [0.2, 0.25) is 0 Å². The topological polar surface area (TPSA) is 63.6 Å². The average Bonchev–Trinajstić information content (AvgIpc) is 2.28. The second-order valence-electron chi connectivity index (χ2n) is 3.37. The molecule has 4 heteroatoms. The van der Waals surface area contributed by atoms with Gasteiger partial charge in [0.15, 0.2) is 0 Å². The fraction of sp³-hybridized carbons (Fsp3) is 0.333. The second kappa shape index (κ2) is 5.90. The molecule has 0 saturated heterocycles. The molecule has 0 atom stereocenters. The van der Waals surface area contributed by atoms with E-state index in [2.05, 4.69) is 4.74 Å². The summed E-state index contributed by atoms with van der Waals surface area (Å²) in [6.45, 7) is 1.63. The summed E-state index contributed by atoms with van der Waals surface area (Å²) in [5.74, 6) is -0.830. The van der Waals surface area contributed by atoms with Crippen LogP contribution in [0.1, 0.15) is 25.3 Å². The molecule has 86 valence electrons. The highest BCUT2D eigenvalue weighted by Crippen LogP contribution is 2.11. The van der Waals surface area contributed by atoms with E-state index in [-0.39, 0.29) is 18.6 Å². The van der Waals surface area contributed by atoms with Crippen LogP contribution in [0, 0.1) is 0 Å². The highest BCUT2D eigenvalue weighted by Gasteiger charge is 2.08. The Bertz CT molecular complexity index is 367. The van der Waals surface area contributed by atoms with E-state index in [9.17, 15) is 9.59 Å². The molecule has 1 aromatic carbocycles. The highest BCUT2D eigenvalue weighted by atomic mass is 16.6. The lowest BCUT2D eigenvalue weighted by Crippen LogP contribution is -2.11. The van der Waals surface area contributed by atoms with Crippen molar-refractivity contribution in [1.29, 1.82) is 0 Å². The Kier molecular flexibility index (Phi) is 4.51. The van der Waals surface area contributed by atoms with Crippen LogP contribution in [0.15, 0.2) is 24.3 Å². The summed E-state index contributed by atoms with van der Waals surface area (Å²) in [4.78, 5) is 22.0. The third kappa shape index (κ3) is 4.13. The third-order valence-corrected chi connectivity index (χ3v) is 2.07. The standard InChI is InChI=1S/C12H14O4/c1-2-11(14)16-12(15)8-5-9-3-6-10(13)7-4-9/h3-4,6-7,13H,2,5,8H2,1H3. The van der Waals surface area contributed by atoms with Gasteiger partial charge in [-0.1, -0.05) is 19.1 Å². The van der Waals surface area contributed by atoms with Gasteiger partial charge in [0.05, 0.1) is 6.42 Å². The van der Waals surface area contributed by atoms with Crippen molar-refractivity contribution >= 4 is 11.9 Å². The van der Waals surface area contributed by atoms with E-state index in [4.69, 9.17) is 5.11 Å². The monoisotopic (exact) mass is 222 g/mol. The molecule has 0 radical (unpaired) electrons. The zero-order valence-electron chi connectivity index (χ0n) is 9.10. The molecular weight excluding hydrogens is 208 g/mol. The number of benzene rings is 1. The number of phenols is 1. The molecule has 16 heavy (non-hydrogen) atoms. The Morgan fingerprint density at radius 3 is 2.38 bits per heavy atom. The smallest absolute Gasteiger partial charge is 0.313 e. The van der Waals surface area contributed by atoms with E-state index in [1.807, 2.05) is 0 Å². The van der Waals surface area contributed by atoms with E-state index in [1.165, 1.54) is 0 Å². The minimum atomic E-state index is -0.514. The number of carbonyl (C=O) groups excluding carboxylic acids is 2. The fourth-order valence-electron chi connectivity index (χ4n) is 1.16. The van der Waals surface area contributed by atoms with Crippen molar-refractivity contribution in [2.45, 2.75) is 26.2 Å². The summed E-state index contributed by atoms with van der Waals surface area (Å²) in [6.07, 6.45) is 0.859. The molecule has 0 aliphatic rings. The number of hydrogen-bond acceptors (Lipinski definition) is 4. The number of aryl methyl sites for hydroxylation is 1. The molecule has 0 aromatic heterocycles. The number of ether oxygens (including phenoxy) is 1. The van der Waals surface area contributed by atoms with E-state index >= 15 is 0 Å². The maximum Gasteiger partial charge on any atom is 0.313 e. The zero-order valence-corrected chi connectivity index (χ0v) is 9.10. The molecule has 0 aliphatic heterocycles. The molecule has 0 bridgehead atoms. The van der Waals surface area contributed by atoms with Crippen LogP contribution < -0.4 is 0 Å². The number of esters is 2. The summed E-state index contributed by atoms with van der Waals surface area (Å²) in [6, 6.07) is 6.56. The van der Waals surface area contributed by atoms with Gasteiger partial charge in [-0.2, -0.15) is 0 Å². The van der Waals surface area contributed by atoms with Crippen molar-refractivity contribution in [3.63, 3.8) is 0 Å². The first-order chi connectivity index (χ1) is 7.61. The molecule has 0 spiro atoms. The van der Waals surface area contributed by atoms with Gasteiger partial charge in [-0.3, -0.25) is 9.59 Å². The van der Waals surface area contributed by atoms with Gasteiger partial charge in [0, 0.05) is 6.42 Å². The van der Waals surface area contributed by atoms with Crippen LogP contribution in [0.25, 0.3) is 0 Å². The Morgan fingerprint density at radius 1 is 1.19 bits per heavy atom. The van der Waals surface area contributed by atoms with E-state index in [0.29, 0.717) is 6.42 Å². The Balaban J connectivity index is 2.37. The summed E-state index contributed by atoms with van der Waals surface area (Å²) in [7, 11) is 0. The van der Waals surface area contributed by atoms with Crippen molar-refractivity contribution in [1.82, 2.24) is 0 Å². The molecule has 4 nitrogen and oxygen atoms in total. The van der Waals surface area contributed by atoms with E-state index in [1.54, 1.807) is 31.2 Å². The maximum absolute atomic E-state index is 11.2. The molecule has 0 saturated carbocycles. The molecule has 0 aliphatic carbocycles. The fourth-order valence-corrected chi connectivity index (χ4v) is 1.16. The summed E-state index contributed by atoms with van der Waals surface area (Å²) in [5, 5.41) is 9.05. The van der Waals surface area contributed by atoms with Crippen LogP contribution in [-0.4, -0.2) is 17.0 Å². The molecule has 0 amide bonds. The van der Waals surface area contributed by atoms with Gasteiger partial charge in [-0.15, -0.1) is 0 Å². The first-order valence-electron chi connectivity index (χ1n) is 5.13. The highest BCUT2D eigenvalue weighted by molar-refractivity contribution is 5.85. The van der Waals surface area contributed by atoms with Crippen molar-refractivity contribution in [2.24, 2.45) is 0 Å². The molecular formula is C12H14O4. The number of carbonyl (C=O) groups is 2. The summed E-state index contributed by atoms with van der Waals surface area (Å²) < 4.78 is 4.52. The Hall–Kier alpha value is -1.84. The minimum Gasteiger partial charge on any atom is -0.508 e. The zero-order chi connectivity index (χ0) is 12.0. The molecule has 0 fully saturated rings. The lowest BCUT2D eigenvalue weighted by atomic mass is 10.1. The third-order valence-electron chi connectivity index (χ3n) is 2.07. The summed E-state index contributed by atoms with van der Waals surface area (Å²) in [5.41, 5.74) is 0.915. The quantitative estimate of drug-likeness (QED) is 0.623. The number of phenolic OH excluding ortho intramolecular Hbond substituents is 1. The van der Waals surface area contributed by atoms with Gasteiger partial charge >= 0.3 is 11.9 Å². The first-order valence-corrected chi connectivity index (χ1v) is 5.13. The van der Waals surface area contributed by atoms with E-state index in [0.717, 1.165) is 5.56 Å². The lowest BCUT2D eigenvalue weighted by molar-refractivity contribution is -0.159. The average molecular weight is 222 g/mol. The minimum absolute atomic E-state index is 0.163. The van der Waals surface area contributed by atoms with Crippen LogP contribution in [-0.2, 0) is 20.7 Å². The normalized spacial score (nSPS) is 9.81. The molecule has 1 aromatic rings.